The maximum atomic E-state index is 13.5. The molecule has 0 aliphatic heterocycles. The number of carbonyl (C=O) groups is 6. The molecule has 59 heavy (non-hydrogen) atoms. The number of aliphatic carboxylic acids is 1. The van der Waals surface area contributed by atoms with Gasteiger partial charge in [0.1, 0.15) is 35.9 Å². The molecule has 0 saturated heterocycles. The van der Waals surface area contributed by atoms with E-state index in [1.165, 1.54) is 13.0 Å². The van der Waals surface area contributed by atoms with E-state index in [9.17, 15) is 59.2 Å². The van der Waals surface area contributed by atoms with E-state index in [0.717, 1.165) is 12.1 Å². The Morgan fingerprint density at radius 1 is 0.678 bits per heavy atom. The van der Waals surface area contributed by atoms with E-state index >= 15 is 0 Å². The first-order valence-electron chi connectivity index (χ1n) is 18.4. The van der Waals surface area contributed by atoms with E-state index in [2.05, 4.69) is 31.9 Å². The average molecular weight is 822 g/mol. The lowest BCUT2D eigenvalue weighted by atomic mass is 10.0. The molecule has 0 unspecified atom stereocenters. The van der Waals surface area contributed by atoms with Crippen LogP contribution in [0.15, 0.2) is 78.9 Å². The molecular formula is C38H47N9O12. The monoisotopic (exact) mass is 821 g/mol. The van der Waals surface area contributed by atoms with E-state index in [4.69, 9.17) is 5.73 Å². The number of nitrogens with two attached hydrogens (primary N) is 1. The average Bonchev–Trinajstić information content (AvgIpc) is 3.21. The van der Waals surface area contributed by atoms with E-state index in [1.54, 1.807) is 60.7 Å². The molecule has 3 aromatic carbocycles. The number of non-ortho nitro benzene ring substituents is 1. The van der Waals surface area contributed by atoms with Crippen LogP contribution in [0.1, 0.15) is 37.3 Å². The van der Waals surface area contributed by atoms with Crippen molar-refractivity contribution < 1.29 is 48.8 Å². The summed E-state index contributed by atoms with van der Waals surface area (Å²) in [5, 5.41) is 57.3. The Hall–Kier alpha value is -7.00. The van der Waals surface area contributed by atoms with Gasteiger partial charge in [-0.15, -0.1) is 0 Å². The lowest BCUT2D eigenvalue weighted by Crippen LogP contribution is -2.59. The van der Waals surface area contributed by atoms with Crippen LogP contribution >= 0.6 is 0 Å². The number of nitrogens with zero attached hydrogens (tertiary/aromatic N) is 2. The minimum Gasteiger partial charge on any atom is -0.480 e. The highest BCUT2D eigenvalue weighted by Crippen LogP contribution is 2.29. The molecule has 3 aromatic rings. The Balaban J connectivity index is 1.63. The highest BCUT2D eigenvalue weighted by Gasteiger charge is 2.31. The Morgan fingerprint density at radius 2 is 1.20 bits per heavy atom. The highest BCUT2D eigenvalue weighted by molar-refractivity contribution is 5.96. The fraction of sp³-hybridized carbons (Fsp3) is 0.368. The summed E-state index contributed by atoms with van der Waals surface area (Å²) in [5.41, 5.74) is 5.77. The molecule has 21 nitrogen and oxygen atoms in total. The lowest BCUT2D eigenvalue weighted by molar-refractivity contribution is -0.393. The van der Waals surface area contributed by atoms with Gasteiger partial charge in [0.15, 0.2) is 0 Å². The Kier molecular flexibility index (Phi) is 18.3. The minimum atomic E-state index is -1.55. The number of carboxylic acids is 1. The zero-order chi connectivity index (χ0) is 43.5. The third-order valence-corrected chi connectivity index (χ3v) is 8.84. The van der Waals surface area contributed by atoms with Gasteiger partial charge in [0.05, 0.1) is 29.1 Å². The van der Waals surface area contributed by atoms with Crippen molar-refractivity contribution in [3.63, 3.8) is 0 Å². The molecule has 0 spiro atoms. The second-order valence-electron chi connectivity index (χ2n) is 13.3. The summed E-state index contributed by atoms with van der Waals surface area (Å²) in [7, 11) is 0. The van der Waals surface area contributed by atoms with Gasteiger partial charge in [0, 0.05) is 25.5 Å². The van der Waals surface area contributed by atoms with Crippen molar-refractivity contribution >= 4 is 52.6 Å². The van der Waals surface area contributed by atoms with Gasteiger partial charge in [-0.3, -0.25) is 44.2 Å². The number of anilines is 1. The van der Waals surface area contributed by atoms with Crippen molar-refractivity contribution in [2.75, 3.05) is 25.0 Å². The number of hydrogen-bond acceptors (Lipinski definition) is 13. The van der Waals surface area contributed by atoms with Crippen LogP contribution in [0.3, 0.4) is 0 Å². The first kappa shape index (κ1) is 46.4. The van der Waals surface area contributed by atoms with Crippen molar-refractivity contribution in [3.8, 4) is 0 Å². The fourth-order valence-electron chi connectivity index (χ4n) is 5.67. The number of amides is 5. The van der Waals surface area contributed by atoms with Gasteiger partial charge < -0.3 is 47.8 Å². The van der Waals surface area contributed by atoms with E-state index in [1.807, 2.05) is 0 Å². The number of carbonyl (C=O) groups excluding carboxylic acids is 5. The van der Waals surface area contributed by atoms with Crippen LogP contribution in [0.5, 0.6) is 0 Å². The molecule has 21 heteroatoms. The highest BCUT2D eigenvalue weighted by atomic mass is 16.6. The molecule has 0 aromatic heterocycles. The predicted molar refractivity (Wildman–Crippen MR) is 211 cm³/mol. The minimum absolute atomic E-state index is 0.0334. The summed E-state index contributed by atoms with van der Waals surface area (Å²) >= 11 is 0. The molecule has 0 aliphatic carbocycles. The fourth-order valence-corrected chi connectivity index (χ4v) is 5.67. The van der Waals surface area contributed by atoms with Crippen LogP contribution in [-0.2, 0) is 41.6 Å². The first-order chi connectivity index (χ1) is 28.1. The molecule has 0 bridgehead atoms. The second-order valence-corrected chi connectivity index (χ2v) is 13.3. The van der Waals surface area contributed by atoms with Crippen LogP contribution in [0.2, 0.25) is 0 Å². The molecule has 316 valence electrons. The summed E-state index contributed by atoms with van der Waals surface area (Å²) in [5.74, 6) is -5.47. The number of nitrogens with one attached hydrogen (secondary N) is 6. The van der Waals surface area contributed by atoms with Crippen molar-refractivity contribution in [2.24, 2.45) is 5.73 Å². The number of aliphatic hydroxyl groups excluding tert-OH is 1. The second kappa shape index (κ2) is 23.3. The molecule has 3 rings (SSSR count). The number of aliphatic hydroxyl groups is 1. The quantitative estimate of drug-likeness (QED) is 0.0328. The third kappa shape index (κ3) is 15.1. The summed E-state index contributed by atoms with van der Waals surface area (Å²) in [4.78, 5) is 98.3. The summed E-state index contributed by atoms with van der Waals surface area (Å²) < 4.78 is 0. The maximum Gasteiger partial charge on any atom is 0.326 e. The molecule has 0 heterocycles. The number of nitro groups is 2. The predicted octanol–water partition coefficient (Wildman–Crippen LogP) is 0.0501. The van der Waals surface area contributed by atoms with Gasteiger partial charge >= 0.3 is 5.97 Å². The smallest absolute Gasteiger partial charge is 0.326 e. The number of unbranched alkanes of at least 4 members (excludes halogenated alkanes) is 1. The van der Waals surface area contributed by atoms with Gasteiger partial charge in [-0.2, -0.15) is 0 Å². The van der Waals surface area contributed by atoms with Crippen LogP contribution in [0, 0.1) is 20.2 Å². The van der Waals surface area contributed by atoms with E-state index < -0.39 is 100 Å². The summed E-state index contributed by atoms with van der Waals surface area (Å²) in [6.07, 6.45) is 0.411. The largest absolute Gasteiger partial charge is 0.480 e. The maximum absolute atomic E-state index is 13.5. The number of nitro benzene ring substituents is 2. The topological polar surface area (TPSA) is 327 Å². The normalized spacial score (nSPS) is 13.3. The Bertz CT molecular complexity index is 1950. The molecule has 5 amide bonds. The van der Waals surface area contributed by atoms with Crippen molar-refractivity contribution in [2.45, 2.75) is 69.2 Å². The summed E-state index contributed by atoms with van der Waals surface area (Å²) in [6.45, 7) is 0.142. The number of benzene rings is 3. The van der Waals surface area contributed by atoms with Crippen molar-refractivity contribution in [1.82, 2.24) is 26.6 Å². The Morgan fingerprint density at radius 3 is 1.71 bits per heavy atom. The SMILES string of the molecule is C[C@H](NC(=O)[C@H](CO)NC(=O)[C@H](Cc1ccccc1)NC(=O)CN)C(=O)N[C@@H](Cc1ccccc1)C(=O)N[C@@H](CCCCNc1ccc([N+](=O)[O-])cc1[N+](=O)[O-])C(=O)O. The number of rotatable bonds is 24. The molecule has 0 radical (unpaired) electrons. The van der Waals surface area contributed by atoms with Crippen LogP contribution in [0.4, 0.5) is 17.1 Å². The van der Waals surface area contributed by atoms with Crippen molar-refractivity contribution in [1.29, 1.82) is 0 Å². The van der Waals surface area contributed by atoms with Crippen LogP contribution < -0.4 is 37.6 Å². The summed E-state index contributed by atoms with van der Waals surface area (Å²) in [6, 6.07) is 13.5. The molecule has 10 N–H and O–H groups in total. The number of carboxylic acid groups (broad SMARTS) is 1. The molecule has 0 aliphatic rings. The van der Waals surface area contributed by atoms with Gasteiger partial charge in [-0.1, -0.05) is 60.7 Å². The van der Waals surface area contributed by atoms with Gasteiger partial charge in [-0.25, -0.2) is 4.79 Å². The van der Waals surface area contributed by atoms with E-state index in [0.29, 0.717) is 17.5 Å². The molecule has 0 saturated carbocycles. The van der Waals surface area contributed by atoms with Crippen LogP contribution in [-0.4, -0.2) is 105 Å². The van der Waals surface area contributed by atoms with E-state index in [-0.39, 0.29) is 37.9 Å². The standard InChI is InChI=1S/C38H47N9O12/c1-23(41-37(53)31(22-48)45-35(51)29(42-33(49)21-39)18-24-10-4-2-5-11-24)34(50)44-30(19-25-12-6-3-7-13-25)36(52)43-28(38(54)55)14-8-9-17-40-27-16-15-26(46(56)57)20-32(27)47(58)59/h2-7,10-13,15-16,20,23,28-31,40,48H,8-9,14,17-19,21-22,39H2,1H3,(H,41,53)(H,42,49)(H,43,52)(H,44,50)(H,45,51)(H,54,55)/t23-,28-,29-,30-,31-/m0/s1. The first-order valence-corrected chi connectivity index (χ1v) is 18.4. The zero-order valence-electron chi connectivity index (χ0n) is 32.0. The third-order valence-electron chi connectivity index (χ3n) is 8.84. The zero-order valence-corrected chi connectivity index (χ0v) is 32.0. The lowest BCUT2D eigenvalue weighted by Gasteiger charge is -2.25. The Labute approximate surface area is 337 Å². The molecular weight excluding hydrogens is 774 g/mol. The van der Waals surface area contributed by atoms with Gasteiger partial charge in [0.25, 0.3) is 11.4 Å². The molecule has 5 atom stereocenters. The number of hydrogen-bond donors (Lipinski definition) is 9. The molecule has 0 fully saturated rings. The van der Waals surface area contributed by atoms with Gasteiger partial charge in [0.2, 0.25) is 29.5 Å². The van der Waals surface area contributed by atoms with Gasteiger partial charge in [-0.05, 0) is 43.4 Å². The van der Waals surface area contributed by atoms with Crippen molar-refractivity contribution in [3.05, 3.63) is 110 Å². The van der Waals surface area contributed by atoms with Crippen LogP contribution in [0.25, 0.3) is 0 Å².